The highest BCUT2D eigenvalue weighted by Gasteiger charge is 2.56. The molecule has 11 heavy (non-hydrogen) atoms. The summed E-state index contributed by atoms with van der Waals surface area (Å²) in [5.74, 6) is -1.42. The molecular formula is C7H7FO3. The van der Waals surface area contributed by atoms with Crippen molar-refractivity contribution in [2.24, 2.45) is 0 Å². The van der Waals surface area contributed by atoms with Crippen LogP contribution < -0.4 is 0 Å². The minimum absolute atomic E-state index is 0.0521. The van der Waals surface area contributed by atoms with Crippen LogP contribution in [0.5, 0.6) is 0 Å². The van der Waals surface area contributed by atoms with Gasteiger partial charge in [-0.15, -0.1) is 0 Å². The van der Waals surface area contributed by atoms with Crippen molar-refractivity contribution < 1.29 is 19.0 Å². The Bertz CT molecular complexity index is 238. The zero-order chi connectivity index (χ0) is 8.06. The molecule has 2 heterocycles. The number of rotatable bonds is 1. The van der Waals surface area contributed by atoms with Crippen molar-refractivity contribution >= 4 is 5.97 Å². The largest absolute Gasteiger partial charge is 0.479 e. The van der Waals surface area contributed by atoms with Crippen molar-refractivity contribution in [3.05, 3.63) is 12.2 Å². The summed E-state index contributed by atoms with van der Waals surface area (Å²) in [6.07, 6.45) is 1.92. The van der Waals surface area contributed by atoms with Gasteiger partial charge in [0.1, 0.15) is 6.10 Å². The molecule has 0 aromatic carbocycles. The highest BCUT2D eigenvalue weighted by Crippen LogP contribution is 2.40. The Morgan fingerprint density at radius 2 is 2.45 bits per heavy atom. The summed E-state index contributed by atoms with van der Waals surface area (Å²) >= 11 is 0. The number of alkyl halides is 1. The summed E-state index contributed by atoms with van der Waals surface area (Å²) < 4.78 is 18.3. The molecule has 0 amide bonds. The number of carboxylic acids is 1. The molecule has 0 saturated carbocycles. The Labute approximate surface area is 62.5 Å². The molecule has 2 rings (SSSR count). The maximum Gasteiger partial charge on any atom is 0.344 e. The first-order valence-corrected chi connectivity index (χ1v) is 3.39. The minimum atomic E-state index is -2.18. The van der Waals surface area contributed by atoms with Gasteiger partial charge in [0.25, 0.3) is 0 Å². The Balaban J connectivity index is 2.30. The van der Waals surface area contributed by atoms with Gasteiger partial charge in [0.05, 0.1) is 6.10 Å². The van der Waals surface area contributed by atoms with Gasteiger partial charge < -0.3 is 9.84 Å². The van der Waals surface area contributed by atoms with Crippen LogP contribution in [0.2, 0.25) is 0 Å². The lowest BCUT2D eigenvalue weighted by Crippen LogP contribution is -2.41. The van der Waals surface area contributed by atoms with Gasteiger partial charge in [-0.05, 0) is 0 Å². The van der Waals surface area contributed by atoms with E-state index in [0.29, 0.717) is 0 Å². The standard InChI is InChI=1S/C7H7FO3/c8-7(6(9)10)3-4-1-2-5(7)11-4/h1-2,4-5H,3H2,(H,9,10). The molecule has 0 aromatic heterocycles. The molecule has 1 N–H and O–H groups in total. The summed E-state index contributed by atoms with van der Waals surface area (Å²) in [6.45, 7) is 0. The fourth-order valence-corrected chi connectivity index (χ4v) is 1.50. The Hall–Kier alpha value is -0.900. The summed E-state index contributed by atoms with van der Waals surface area (Å²) in [5, 5.41) is 8.51. The lowest BCUT2D eigenvalue weighted by atomic mass is 9.91. The predicted molar refractivity (Wildman–Crippen MR) is 33.9 cm³/mol. The normalized spacial score (nSPS) is 46.6. The summed E-state index contributed by atoms with van der Waals surface area (Å²) in [5.41, 5.74) is -2.18. The topological polar surface area (TPSA) is 46.5 Å². The fourth-order valence-electron chi connectivity index (χ4n) is 1.50. The molecule has 0 aliphatic carbocycles. The monoisotopic (exact) mass is 158 g/mol. The number of aliphatic carboxylic acids is 1. The van der Waals surface area contributed by atoms with Crippen LogP contribution in [0.4, 0.5) is 4.39 Å². The van der Waals surface area contributed by atoms with Gasteiger partial charge in [-0.2, -0.15) is 0 Å². The van der Waals surface area contributed by atoms with E-state index < -0.39 is 17.7 Å². The van der Waals surface area contributed by atoms with Crippen LogP contribution >= 0.6 is 0 Å². The second kappa shape index (κ2) is 1.82. The lowest BCUT2D eigenvalue weighted by Gasteiger charge is -2.18. The molecule has 3 unspecified atom stereocenters. The number of fused-ring (bicyclic) bond motifs is 2. The molecule has 2 aliphatic heterocycles. The number of hydrogen-bond donors (Lipinski definition) is 1. The first-order chi connectivity index (χ1) is 5.13. The smallest absolute Gasteiger partial charge is 0.344 e. The van der Waals surface area contributed by atoms with Crippen LogP contribution in [0.15, 0.2) is 12.2 Å². The van der Waals surface area contributed by atoms with E-state index in [0.717, 1.165) is 0 Å². The molecule has 2 bridgehead atoms. The first kappa shape index (κ1) is 6.79. The molecule has 0 aromatic rings. The molecule has 2 aliphatic rings. The van der Waals surface area contributed by atoms with Crippen molar-refractivity contribution in [3.8, 4) is 0 Å². The SMILES string of the molecule is O=C(O)C1(F)CC2C=CC1O2. The van der Waals surface area contributed by atoms with Crippen LogP contribution in [0.3, 0.4) is 0 Å². The number of carbonyl (C=O) groups is 1. The summed E-state index contributed by atoms with van der Waals surface area (Å²) in [7, 11) is 0. The zero-order valence-electron chi connectivity index (χ0n) is 5.66. The zero-order valence-corrected chi connectivity index (χ0v) is 5.66. The average Bonchev–Trinajstić information content (AvgIpc) is 2.45. The van der Waals surface area contributed by atoms with Crippen molar-refractivity contribution in [2.45, 2.75) is 24.3 Å². The number of carboxylic acid groups (broad SMARTS) is 1. The van der Waals surface area contributed by atoms with Gasteiger partial charge in [0, 0.05) is 6.42 Å². The van der Waals surface area contributed by atoms with Crippen molar-refractivity contribution in [1.82, 2.24) is 0 Å². The molecule has 3 nitrogen and oxygen atoms in total. The van der Waals surface area contributed by atoms with Gasteiger partial charge in [-0.25, -0.2) is 9.18 Å². The van der Waals surface area contributed by atoms with Gasteiger partial charge in [-0.3, -0.25) is 0 Å². The van der Waals surface area contributed by atoms with E-state index in [1.807, 2.05) is 0 Å². The molecule has 1 saturated heterocycles. The van der Waals surface area contributed by atoms with E-state index in [1.54, 1.807) is 6.08 Å². The van der Waals surface area contributed by atoms with Crippen LogP contribution in [-0.4, -0.2) is 29.0 Å². The molecule has 60 valence electrons. The third kappa shape index (κ3) is 0.728. The summed E-state index contributed by atoms with van der Waals surface area (Å²) in [6, 6.07) is 0. The Morgan fingerprint density at radius 3 is 2.73 bits per heavy atom. The van der Waals surface area contributed by atoms with Crippen molar-refractivity contribution in [3.63, 3.8) is 0 Å². The van der Waals surface area contributed by atoms with Gasteiger partial charge in [0.2, 0.25) is 5.67 Å². The average molecular weight is 158 g/mol. The predicted octanol–water partition coefficient (Wildman–Crippen LogP) is 0.507. The summed E-state index contributed by atoms with van der Waals surface area (Å²) in [4.78, 5) is 10.4. The van der Waals surface area contributed by atoms with E-state index in [9.17, 15) is 9.18 Å². The van der Waals surface area contributed by atoms with Crippen LogP contribution in [0, 0.1) is 0 Å². The van der Waals surface area contributed by atoms with E-state index >= 15 is 0 Å². The highest BCUT2D eigenvalue weighted by molar-refractivity contribution is 5.79. The van der Waals surface area contributed by atoms with E-state index in [2.05, 4.69) is 0 Å². The van der Waals surface area contributed by atoms with Crippen LogP contribution in [0.25, 0.3) is 0 Å². The number of hydrogen-bond acceptors (Lipinski definition) is 2. The van der Waals surface area contributed by atoms with Crippen LogP contribution in [0.1, 0.15) is 6.42 Å². The Morgan fingerprint density at radius 1 is 1.73 bits per heavy atom. The molecular weight excluding hydrogens is 151 g/mol. The molecule has 4 heteroatoms. The van der Waals surface area contributed by atoms with Crippen molar-refractivity contribution in [2.75, 3.05) is 0 Å². The van der Waals surface area contributed by atoms with Gasteiger partial charge in [-0.1, -0.05) is 12.2 Å². The van der Waals surface area contributed by atoms with Crippen molar-refractivity contribution in [1.29, 1.82) is 0 Å². The maximum atomic E-state index is 13.4. The second-order valence-corrected chi connectivity index (χ2v) is 2.85. The molecule has 3 atom stereocenters. The Kier molecular flexibility index (Phi) is 1.12. The van der Waals surface area contributed by atoms with E-state index in [1.165, 1.54) is 6.08 Å². The van der Waals surface area contributed by atoms with Gasteiger partial charge in [0.15, 0.2) is 0 Å². The molecule has 1 fully saturated rings. The van der Waals surface area contributed by atoms with Gasteiger partial charge >= 0.3 is 5.97 Å². The maximum absolute atomic E-state index is 13.4. The third-order valence-electron chi connectivity index (χ3n) is 2.13. The highest BCUT2D eigenvalue weighted by atomic mass is 19.1. The minimum Gasteiger partial charge on any atom is -0.479 e. The fraction of sp³-hybridized carbons (Fsp3) is 0.571. The van der Waals surface area contributed by atoms with E-state index in [-0.39, 0.29) is 12.5 Å². The quantitative estimate of drug-likeness (QED) is 0.565. The van der Waals surface area contributed by atoms with E-state index in [4.69, 9.17) is 9.84 Å². The first-order valence-electron chi connectivity index (χ1n) is 3.39. The van der Waals surface area contributed by atoms with Crippen LogP contribution in [-0.2, 0) is 9.53 Å². The number of ether oxygens (including phenoxy) is 1. The molecule has 0 radical (unpaired) electrons. The lowest BCUT2D eigenvalue weighted by molar-refractivity contribution is -0.152. The molecule has 0 spiro atoms. The third-order valence-corrected chi connectivity index (χ3v) is 2.13. The second-order valence-electron chi connectivity index (χ2n) is 2.85. The number of halogens is 1.